The molecule has 0 saturated carbocycles. The van der Waals surface area contributed by atoms with Crippen LogP contribution in [0.3, 0.4) is 0 Å². The lowest BCUT2D eigenvalue weighted by molar-refractivity contribution is 0.330. The summed E-state index contributed by atoms with van der Waals surface area (Å²) in [6.07, 6.45) is 2.31. The number of hydrogen-bond acceptors (Lipinski definition) is 2. The highest BCUT2D eigenvalue weighted by Gasteiger charge is 2.17. The Balaban J connectivity index is 2.77. The van der Waals surface area contributed by atoms with Crippen LogP contribution in [0.15, 0.2) is 24.3 Å². The molecular formula is C15H25NO. The topological polar surface area (TPSA) is 21.3 Å². The normalized spacial score (nSPS) is 14.4. The lowest BCUT2D eigenvalue weighted by Crippen LogP contribution is -2.26. The Hall–Kier alpha value is -1.02. The molecule has 1 aromatic rings. The van der Waals surface area contributed by atoms with E-state index in [4.69, 9.17) is 4.74 Å². The summed E-state index contributed by atoms with van der Waals surface area (Å²) in [7, 11) is 3.77. The summed E-state index contributed by atoms with van der Waals surface area (Å²) in [6, 6.07) is 8.33. The largest absolute Gasteiger partial charge is 0.496 e. The molecule has 0 amide bonds. The van der Waals surface area contributed by atoms with Gasteiger partial charge in [0.2, 0.25) is 0 Å². The maximum Gasteiger partial charge on any atom is 0.122 e. The van der Waals surface area contributed by atoms with Crippen molar-refractivity contribution in [3.05, 3.63) is 29.8 Å². The lowest BCUT2D eigenvalue weighted by Gasteiger charge is -2.23. The highest BCUT2D eigenvalue weighted by atomic mass is 16.5. The highest BCUT2D eigenvalue weighted by Crippen LogP contribution is 2.25. The van der Waals surface area contributed by atoms with Gasteiger partial charge in [0.15, 0.2) is 0 Å². The molecule has 0 aliphatic carbocycles. The number of hydrogen-bond donors (Lipinski definition) is 1. The predicted octanol–water partition coefficient (Wildman–Crippen LogP) is 3.12. The Kier molecular flexibility index (Phi) is 6.06. The zero-order chi connectivity index (χ0) is 12.7. The van der Waals surface area contributed by atoms with Crippen molar-refractivity contribution in [2.45, 2.75) is 26.7 Å². The Bertz CT molecular complexity index is 324. The first-order chi connectivity index (χ1) is 8.22. The maximum absolute atomic E-state index is 5.42. The van der Waals surface area contributed by atoms with E-state index in [1.54, 1.807) is 7.11 Å². The summed E-state index contributed by atoms with van der Waals surface area (Å²) >= 11 is 0. The number of nitrogens with one attached hydrogen (secondary N) is 1. The zero-order valence-electron chi connectivity index (χ0n) is 11.5. The van der Waals surface area contributed by atoms with Crippen molar-refractivity contribution in [3.8, 4) is 5.75 Å². The van der Waals surface area contributed by atoms with Crippen molar-refractivity contribution >= 4 is 0 Å². The van der Waals surface area contributed by atoms with E-state index in [-0.39, 0.29) is 0 Å². The minimum atomic E-state index is 0.668. The first-order valence-electron chi connectivity index (χ1n) is 6.49. The maximum atomic E-state index is 5.42. The molecule has 96 valence electrons. The Morgan fingerprint density at radius 2 is 2.00 bits per heavy atom. The van der Waals surface area contributed by atoms with Crippen LogP contribution in [-0.2, 0) is 6.42 Å². The van der Waals surface area contributed by atoms with E-state index in [1.807, 2.05) is 19.2 Å². The molecule has 0 radical (unpaired) electrons. The van der Waals surface area contributed by atoms with Crippen LogP contribution < -0.4 is 10.1 Å². The van der Waals surface area contributed by atoms with Gasteiger partial charge in [0.05, 0.1) is 7.11 Å². The van der Waals surface area contributed by atoms with E-state index in [1.165, 1.54) is 12.0 Å². The molecule has 0 heterocycles. The second kappa shape index (κ2) is 7.33. The smallest absolute Gasteiger partial charge is 0.122 e. The number of rotatable bonds is 7. The molecule has 1 rings (SSSR count). The van der Waals surface area contributed by atoms with Crippen molar-refractivity contribution in [2.75, 3.05) is 20.7 Å². The molecular weight excluding hydrogens is 210 g/mol. The van der Waals surface area contributed by atoms with Gasteiger partial charge in [-0.15, -0.1) is 0 Å². The van der Waals surface area contributed by atoms with Crippen LogP contribution in [0.1, 0.15) is 25.8 Å². The molecule has 0 aliphatic heterocycles. The molecule has 2 nitrogen and oxygen atoms in total. The van der Waals surface area contributed by atoms with Crippen LogP contribution >= 0.6 is 0 Å². The summed E-state index contributed by atoms with van der Waals surface area (Å²) in [4.78, 5) is 0. The number of para-hydroxylation sites is 1. The molecule has 0 aromatic heterocycles. The van der Waals surface area contributed by atoms with Crippen LogP contribution in [0.25, 0.3) is 0 Å². The van der Waals surface area contributed by atoms with Gasteiger partial charge in [-0.2, -0.15) is 0 Å². The fourth-order valence-corrected chi connectivity index (χ4v) is 2.22. The summed E-state index contributed by atoms with van der Waals surface area (Å²) in [5.41, 5.74) is 1.32. The average molecular weight is 235 g/mol. The highest BCUT2D eigenvalue weighted by molar-refractivity contribution is 5.33. The summed E-state index contributed by atoms with van der Waals surface area (Å²) in [5.74, 6) is 2.41. The quantitative estimate of drug-likeness (QED) is 0.784. The summed E-state index contributed by atoms with van der Waals surface area (Å²) < 4.78 is 5.42. The number of benzene rings is 1. The first-order valence-corrected chi connectivity index (χ1v) is 6.49. The standard InChI is InChI=1S/C15H25NO/c1-5-12(2)14(11-16-3)10-13-8-6-7-9-15(13)17-4/h6-9,12,14,16H,5,10-11H2,1-4H3. The molecule has 0 saturated heterocycles. The second-order valence-electron chi connectivity index (χ2n) is 4.72. The fraction of sp³-hybridized carbons (Fsp3) is 0.600. The molecule has 0 aliphatic rings. The Morgan fingerprint density at radius 3 is 2.59 bits per heavy atom. The molecule has 2 unspecified atom stereocenters. The van der Waals surface area contributed by atoms with E-state index in [2.05, 4.69) is 31.3 Å². The van der Waals surface area contributed by atoms with Gasteiger partial charge < -0.3 is 10.1 Å². The summed E-state index contributed by atoms with van der Waals surface area (Å²) in [5, 5.41) is 3.30. The third kappa shape index (κ3) is 4.04. The van der Waals surface area contributed by atoms with Gasteiger partial charge in [-0.05, 0) is 43.5 Å². The SMILES string of the molecule is CCC(C)C(CNC)Cc1ccccc1OC. The summed E-state index contributed by atoms with van der Waals surface area (Å²) in [6.45, 7) is 5.65. The van der Waals surface area contributed by atoms with Crippen LogP contribution in [0.2, 0.25) is 0 Å². The van der Waals surface area contributed by atoms with Crippen LogP contribution in [0.4, 0.5) is 0 Å². The molecule has 2 atom stereocenters. The molecule has 0 bridgehead atoms. The molecule has 2 heteroatoms. The first kappa shape index (κ1) is 14.0. The van der Waals surface area contributed by atoms with E-state index >= 15 is 0 Å². The molecule has 17 heavy (non-hydrogen) atoms. The van der Waals surface area contributed by atoms with E-state index in [0.717, 1.165) is 24.6 Å². The third-order valence-corrected chi connectivity index (χ3v) is 3.59. The minimum absolute atomic E-state index is 0.668. The van der Waals surface area contributed by atoms with Crippen molar-refractivity contribution in [1.82, 2.24) is 5.32 Å². The minimum Gasteiger partial charge on any atom is -0.496 e. The lowest BCUT2D eigenvalue weighted by atomic mass is 9.86. The van der Waals surface area contributed by atoms with E-state index < -0.39 is 0 Å². The predicted molar refractivity (Wildman–Crippen MR) is 73.6 cm³/mol. The van der Waals surface area contributed by atoms with Gasteiger partial charge in [-0.25, -0.2) is 0 Å². The zero-order valence-corrected chi connectivity index (χ0v) is 11.5. The van der Waals surface area contributed by atoms with Crippen molar-refractivity contribution in [2.24, 2.45) is 11.8 Å². The number of ether oxygens (including phenoxy) is 1. The van der Waals surface area contributed by atoms with Gasteiger partial charge >= 0.3 is 0 Å². The van der Waals surface area contributed by atoms with Crippen LogP contribution in [0, 0.1) is 11.8 Å². The van der Waals surface area contributed by atoms with Gasteiger partial charge in [-0.1, -0.05) is 38.5 Å². The van der Waals surface area contributed by atoms with Gasteiger partial charge in [-0.3, -0.25) is 0 Å². The average Bonchev–Trinajstić information content (AvgIpc) is 2.38. The van der Waals surface area contributed by atoms with Gasteiger partial charge in [0.1, 0.15) is 5.75 Å². The molecule has 1 N–H and O–H groups in total. The number of methoxy groups -OCH3 is 1. The molecule has 1 aromatic carbocycles. The van der Waals surface area contributed by atoms with E-state index in [9.17, 15) is 0 Å². The fourth-order valence-electron chi connectivity index (χ4n) is 2.22. The van der Waals surface area contributed by atoms with Gasteiger partial charge in [0.25, 0.3) is 0 Å². The Morgan fingerprint density at radius 1 is 1.29 bits per heavy atom. The molecule has 0 fully saturated rings. The second-order valence-corrected chi connectivity index (χ2v) is 4.72. The van der Waals surface area contributed by atoms with Crippen LogP contribution in [-0.4, -0.2) is 20.7 Å². The van der Waals surface area contributed by atoms with Crippen LogP contribution in [0.5, 0.6) is 5.75 Å². The van der Waals surface area contributed by atoms with Crippen molar-refractivity contribution < 1.29 is 4.74 Å². The third-order valence-electron chi connectivity index (χ3n) is 3.59. The Labute approximate surface area is 105 Å². The molecule has 0 spiro atoms. The van der Waals surface area contributed by atoms with Crippen molar-refractivity contribution in [1.29, 1.82) is 0 Å². The van der Waals surface area contributed by atoms with Gasteiger partial charge in [0, 0.05) is 0 Å². The van der Waals surface area contributed by atoms with E-state index in [0.29, 0.717) is 5.92 Å². The monoisotopic (exact) mass is 235 g/mol. The van der Waals surface area contributed by atoms with Crippen molar-refractivity contribution in [3.63, 3.8) is 0 Å².